The molecule has 1 saturated heterocycles. The van der Waals surface area contributed by atoms with Crippen LogP contribution in [0.2, 0.25) is 0 Å². The van der Waals surface area contributed by atoms with Gasteiger partial charge in [-0.2, -0.15) is 0 Å². The smallest absolute Gasteiger partial charge is 0.129 e. The van der Waals surface area contributed by atoms with Gasteiger partial charge >= 0.3 is 0 Å². The second-order valence-electron chi connectivity index (χ2n) is 5.62. The van der Waals surface area contributed by atoms with Crippen molar-refractivity contribution in [3.63, 3.8) is 0 Å². The number of benzene rings is 1. The zero-order valence-corrected chi connectivity index (χ0v) is 12.1. The van der Waals surface area contributed by atoms with E-state index in [1.165, 1.54) is 31.5 Å². The van der Waals surface area contributed by atoms with Crippen molar-refractivity contribution in [3.8, 4) is 0 Å². The molecule has 1 aliphatic heterocycles. The molecule has 1 atom stereocenters. The number of aromatic nitrogens is 3. The molecule has 0 N–H and O–H groups in total. The number of hydrogen-bond acceptors (Lipinski definition) is 3. The standard InChI is InChI=1S/C16H22N4/c1-14-18-17-13-20(14)11-10-19-9-5-8-16(12-19)15-6-3-2-4-7-15/h2-4,6-7,13,16H,5,8-12H2,1H3. The van der Waals surface area contributed by atoms with Gasteiger partial charge in [0.05, 0.1) is 0 Å². The van der Waals surface area contributed by atoms with Crippen molar-refractivity contribution in [3.05, 3.63) is 48.0 Å². The van der Waals surface area contributed by atoms with Gasteiger partial charge in [-0.1, -0.05) is 30.3 Å². The monoisotopic (exact) mass is 270 g/mol. The molecule has 2 aromatic rings. The lowest BCUT2D eigenvalue weighted by molar-refractivity contribution is 0.200. The Labute approximate surface area is 120 Å². The Bertz CT molecular complexity index is 534. The topological polar surface area (TPSA) is 34.0 Å². The van der Waals surface area contributed by atoms with Gasteiger partial charge in [0, 0.05) is 19.6 Å². The number of piperidine rings is 1. The highest BCUT2D eigenvalue weighted by Crippen LogP contribution is 2.26. The lowest BCUT2D eigenvalue weighted by atomic mass is 9.91. The molecule has 1 aliphatic rings. The van der Waals surface area contributed by atoms with Crippen molar-refractivity contribution in [2.24, 2.45) is 0 Å². The molecule has 4 nitrogen and oxygen atoms in total. The lowest BCUT2D eigenvalue weighted by Crippen LogP contribution is -2.36. The van der Waals surface area contributed by atoms with Crippen LogP contribution in [0.25, 0.3) is 0 Å². The number of rotatable bonds is 4. The highest BCUT2D eigenvalue weighted by molar-refractivity contribution is 5.20. The fraction of sp³-hybridized carbons (Fsp3) is 0.500. The summed E-state index contributed by atoms with van der Waals surface area (Å²) in [6.45, 7) is 6.47. The second kappa shape index (κ2) is 6.18. The number of likely N-dealkylation sites (tertiary alicyclic amines) is 1. The fourth-order valence-electron chi connectivity index (χ4n) is 3.04. The van der Waals surface area contributed by atoms with Crippen molar-refractivity contribution in [2.45, 2.75) is 32.2 Å². The summed E-state index contributed by atoms with van der Waals surface area (Å²) >= 11 is 0. The maximum Gasteiger partial charge on any atom is 0.129 e. The molecule has 0 aliphatic carbocycles. The van der Waals surface area contributed by atoms with Crippen LogP contribution in [-0.4, -0.2) is 39.3 Å². The Balaban J connectivity index is 1.57. The number of nitrogens with zero attached hydrogens (tertiary/aromatic N) is 4. The van der Waals surface area contributed by atoms with E-state index in [0.29, 0.717) is 5.92 Å². The van der Waals surface area contributed by atoms with Gasteiger partial charge < -0.3 is 9.47 Å². The van der Waals surface area contributed by atoms with E-state index < -0.39 is 0 Å². The SMILES string of the molecule is Cc1nncn1CCN1CCCC(c2ccccc2)C1. The maximum absolute atomic E-state index is 4.04. The molecule has 1 aromatic heterocycles. The first-order chi connectivity index (χ1) is 9.83. The first-order valence-electron chi connectivity index (χ1n) is 7.44. The van der Waals surface area contributed by atoms with E-state index in [1.54, 1.807) is 0 Å². The molecule has 2 heterocycles. The van der Waals surface area contributed by atoms with E-state index in [2.05, 4.69) is 50.0 Å². The van der Waals surface area contributed by atoms with E-state index >= 15 is 0 Å². The Kier molecular flexibility index (Phi) is 4.11. The van der Waals surface area contributed by atoms with Gasteiger partial charge in [0.15, 0.2) is 0 Å². The summed E-state index contributed by atoms with van der Waals surface area (Å²) in [7, 11) is 0. The minimum Gasteiger partial charge on any atom is -0.317 e. The quantitative estimate of drug-likeness (QED) is 0.856. The summed E-state index contributed by atoms with van der Waals surface area (Å²) < 4.78 is 2.13. The third-order valence-electron chi connectivity index (χ3n) is 4.24. The summed E-state index contributed by atoms with van der Waals surface area (Å²) in [6.07, 6.45) is 4.43. The molecule has 0 spiro atoms. The molecule has 0 amide bonds. The average Bonchev–Trinajstić information content (AvgIpc) is 2.92. The van der Waals surface area contributed by atoms with Crippen LogP contribution in [0.15, 0.2) is 36.7 Å². The van der Waals surface area contributed by atoms with Crippen LogP contribution >= 0.6 is 0 Å². The van der Waals surface area contributed by atoms with Gasteiger partial charge in [-0.25, -0.2) is 0 Å². The first kappa shape index (κ1) is 13.3. The number of hydrogen-bond donors (Lipinski definition) is 0. The summed E-state index contributed by atoms with van der Waals surface area (Å²) in [5, 5.41) is 7.98. The fourth-order valence-corrected chi connectivity index (χ4v) is 3.04. The summed E-state index contributed by atoms with van der Waals surface area (Å²) in [5.74, 6) is 1.69. The van der Waals surface area contributed by atoms with Crippen LogP contribution in [0.1, 0.15) is 30.1 Å². The third-order valence-corrected chi connectivity index (χ3v) is 4.24. The van der Waals surface area contributed by atoms with Gasteiger partial charge in [0.2, 0.25) is 0 Å². The van der Waals surface area contributed by atoms with Gasteiger partial charge in [-0.05, 0) is 37.8 Å². The third kappa shape index (κ3) is 3.07. The number of aryl methyl sites for hydroxylation is 1. The molecule has 0 bridgehead atoms. The largest absolute Gasteiger partial charge is 0.317 e. The van der Waals surface area contributed by atoms with Crippen molar-refractivity contribution in [2.75, 3.05) is 19.6 Å². The maximum atomic E-state index is 4.04. The highest BCUT2D eigenvalue weighted by atomic mass is 15.3. The van der Waals surface area contributed by atoms with Gasteiger partial charge in [0.25, 0.3) is 0 Å². The molecular weight excluding hydrogens is 248 g/mol. The molecular formula is C16H22N4. The highest BCUT2D eigenvalue weighted by Gasteiger charge is 2.20. The van der Waals surface area contributed by atoms with E-state index in [4.69, 9.17) is 0 Å². The first-order valence-corrected chi connectivity index (χ1v) is 7.44. The molecule has 0 saturated carbocycles. The normalized spacial score (nSPS) is 20.1. The van der Waals surface area contributed by atoms with Crippen molar-refractivity contribution < 1.29 is 0 Å². The summed E-state index contributed by atoms with van der Waals surface area (Å²) in [6, 6.07) is 10.9. The molecule has 20 heavy (non-hydrogen) atoms. The van der Waals surface area contributed by atoms with Crippen molar-refractivity contribution >= 4 is 0 Å². The van der Waals surface area contributed by atoms with E-state index in [0.717, 1.165) is 18.9 Å². The minimum absolute atomic E-state index is 0.687. The van der Waals surface area contributed by atoms with E-state index in [9.17, 15) is 0 Å². The van der Waals surface area contributed by atoms with Crippen LogP contribution in [0, 0.1) is 6.92 Å². The van der Waals surface area contributed by atoms with Crippen molar-refractivity contribution in [1.82, 2.24) is 19.7 Å². The zero-order chi connectivity index (χ0) is 13.8. The van der Waals surface area contributed by atoms with Gasteiger partial charge in [-0.15, -0.1) is 10.2 Å². The second-order valence-corrected chi connectivity index (χ2v) is 5.62. The Morgan fingerprint density at radius 2 is 2.05 bits per heavy atom. The summed E-state index contributed by atoms with van der Waals surface area (Å²) in [5.41, 5.74) is 1.48. The van der Waals surface area contributed by atoms with Crippen LogP contribution in [0.3, 0.4) is 0 Å². The molecule has 1 fully saturated rings. The van der Waals surface area contributed by atoms with Gasteiger partial charge in [0.1, 0.15) is 12.2 Å². The predicted molar refractivity (Wildman–Crippen MR) is 79.6 cm³/mol. The zero-order valence-electron chi connectivity index (χ0n) is 12.1. The molecule has 3 rings (SSSR count). The molecule has 1 aromatic carbocycles. The van der Waals surface area contributed by atoms with Crippen LogP contribution < -0.4 is 0 Å². The van der Waals surface area contributed by atoms with Crippen molar-refractivity contribution in [1.29, 1.82) is 0 Å². The molecule has 106 valence electrons. The predicted octanol–water partition coefficient (Wildman–Crippen LogP) is 2.47. The molecule has 1 unspecified atom stereocenters. The van der Waals surface area contributed by atoms with Gasteiger partial charge in [-0.3, -0.25) is 0 Å². The molecule has 4 heteroatoms. The summed E-state index contributed by atoms with van der Waals surface area (Å²) in [4.78, 5) is 2.57. The molecule has 0 radical (unpaired) electrons. The van der Waals surface area contributed by atoms with Crippen LogP contribution in [0.5, 0.6) is 0 Å². The Hall–Kier alpha value is -1.68. The Morgan fingerprint density at radius 3 is 2.80 bits per heavy atom. The van der Waals surface area contributed by atoms with Crippen LogP contribution in [-0.2, 0) is 6.54 Å². The Morgan fingerprint density at radius 1 is 1.20 bits per heavy atom. The van der Waals surface area contributed by atoms with E-state index in [-0.39, 0.29) is 0 Å². The van der Waals surface area contributed by atoms with Crippen LogP contribution in [0.4, 0.5) is 0 Å². The lowest BCUT2D eigenvalue weighted by Gasteiger charge is -2.33. The van der Waals surface area contributed by atoms with E-state index in [1.807, 2.05) is 13.3 Å². The average molecular weight is 270 g/mol. The minimum atomic E-state index is 0.687.